The molecule has 0 aromatic carbocycles. The van der Waals surface area contributed by atoms with E-state index in [2.05, 4.69) is 39.9 Å². The van der Waals surface area contributed by atoms with Crippen molar-refractivity contribution in [2.75, 3.05) is 26.3 Å². The Morgan fingerprint density at radius 3 is 2.42 bits per heavy atom. The van der Waals surface area contributed by atoms with Crippen LogP contribution >= 0.6 is 0 Å². The summed E-state index contributed by atoms with van der Waals surface area (Å²) in [6.45, 7) is 13.2. The Morgan fingerprint density at radius 2 is 1.95 bits per heavy atom. The molecule has 1 atom stereocenters. The molecule has 0 heterocycles. The van der Waals surface area contributed by atoms with E-state index in [0.717, 1.165) is 19.4 Å². The first kappa shape index (κ1) is 18.4. The monoisotopic (exact) mass is 272 g/mol. The van der Waals surface area contributed by atoms with E-state index in [4.69, 9.17) is 10.5 Å². The van der Waals surface area contributed by atoms with Gasteiger partial charge in [-0.05, 0) is 24.2 Å². The molecule has 4 heteroatoms. The van der Waals surface area contributed by atoms with Crippen LogP contribution in [0, 0.1) is 17.3 Å². The Labute approximate surface area is 118 Å². The fourth-order valence-corrected chi connectivity index (χ4v) is 1.87. The Balaban J connectivity index is 3.77. The molecule has 0 fully saturated rings. The van der Waals surface area contributed by atoms with Gasteiger partial charge in [0.2, 0.25) is 5.91 Å². The minimum atomic E-state index is -0.0865. The van der Waals surface area contributed by atoms with Crippen molar-refractivity contribution in [2.45, 2.75) is 47.5 Å². The van der Waals surface area contributed by atoms with Crippen molar-refractivity contribution in [3.8, 4) is 0 Å². The highest BCUT2D eigenvalue weighted by molar-refractivity contribution is 5.78. The zero-order valence-corrected chi connectivity index (χ0v) is 13.3. The van der Waals surface area contributed by atoms with Crippen LogP contribution in [0.3, 0.4) is 0 Å². The maximum absolute atomic E-state index is 12.0. The second-order valence-corrected chi connectivity index (χ2v) is 6.81. The van der Waals surface area contributed by atoms with Crippen molar-refractivity contribution < 1.29 is 9.53 Å². The second kappa shape index (κ2) is 9.32. The van der Waals surface area contributed by atoms with Crippen LogP contribution in [-0.2, 0) is 9.53 Å². The van der Waals surface area contributed by atoms with Gasteiger partial charge in [-0.2, -0.15) is 0 Å². The molecule has 0 rings (SSSR count). The molecule has 0 aliphatic heterocycles. The van der Waals surface area contributed by atoms with Gasteiger partial charge in [0, 0.05) is 26.3 Å². The molecule has 0 saturated carbocycles. The summed E-state index contributed by atoms with van der Waals surface area (Å²) in [6.07, 6.45) is 1.67. The van der Waals surface area contributed by atoms with Gasteiger partial charge in [0.1, 0.15) is 0 Å². The lowest BCUT2D eigenvalue weighted by molar-refractivity contribution is -0.125. The molecule has 19 heavy (non-hydrogen) atoms. The van der Waals surface area contributed by atoms with Crippen LogP contribution in [0.25, 0.3) is 0 Å². The highest BCUT2D eigenvalue weighted by Gasteiger charge is 2.23. The van der Waals surface area contributed by atoms with Crippen LogP contribution in [0.15, 0.2) is 0 Å². The Morgan fingerprint density at radius 1 is 1.32 bits per heavy atom. The van der Waals surface area contributed by atoms with Crippen LogP contribution in [0.2, 0.25) is 0 Å². The predicted octanol–water partition coefficient (Wildman–Crippen LogP) is 2.18. The molecular formula is C15H32N2O2. The number of carbonyl (C=O) groups is 1. The molecule has 114 valence electrons. The van der Waals surface area contributed by atoms with Gasteiger partial charge >= 0.3 is 0 Å². The van der Waals surface area contributed by atoms with Crippen LogP contribution in [0.4, 0.5) is 0 Å². The van der Waals surface area contributed by atoms with E-state index < -0.39 is 0 Å². The quantitative estimate of drug-likeness (QED) is 0.632. The summed E-state index contributed by atoms with van der Waals surface area (Å²) in [7, 11) is 0. The molecule has 0 saturated heterocycles. The summed E-state index contributed by atoms with van der Waals surface area (Å²) in [6, 6.07) is 0. The normalized spacial score (nSPS) is 13.6. The number of carbonyl (C=O) groups excluding carboxylic acids is 1. The molecule has 0 aromatic rings. The van der Waals surface area contributed by atoms with Gasteiger partial charge in [-0.15, -0.1) is 0 Å². The SMILES string of the molecule is CC(C)COCCCNC(=O)C(CN)CC(C)(C)C. The largest absolute Gasteiger partial charge is 0.381 e. The van der Waals surface area contributed by atoms with Crippen molar-refractivity contribution in [1.29, 1.82) is 0 Å². The summed E-state index contributed by atoms with van der Waals surface area (Å²) in [5, 5.41) is 2.95. The van der Waals surface area contributed by atoms with Crippen molar-refractivity contribution in [2.24, 2.45) is 23.0 Å². The van der Waals surface area contributed by atoms with Crippen molar-refractivity contribution >= 4 is 5.91 Å². The standard InChI is InChI=1S/C15H32N2O2/c1-12(2)11-19-8-6-7-17-14(18)13(10-16)9-15(3,4)5/h12-13H,6-11,16H2,1-5H3,(H,17,18). The summed E-state index contributed by atoms with van der Waals surface area (Å²) >= 11 is 0. The average molecular weight is 272 g/mol. The lowest BCUT2D eigenvalue weighted by Crippen LogP contribution is -2.37. The number of nitrogens with two attached hydrogens (primary N) is 1. The third-order valence-electron chi connectivity index (χ3n) is 2.73. The minimum Gasteiger partial charge on any atom is -0.381 e. The van der Waals surface area contributed by atoms with E-state index in [1.165, 1.54) is 0 Å². The molecule has 0 aromatic heterocycles. The van der Waals surface area contributed by atoms with Gasteiger partial charge in [-0.25, -0.2) is 0 Å². The van der Waals surface area contributed by atoms with E-state index in [1.54, 1.807) is 0 Å². The molecule has 1 amide bonds. The summed E-state index contributed by atoms with van der Waals surface area (Å²) in [4.78, 5) is 12.0. The Bertz CT molecular complexity index is 247. The van der Waals surface area contributed by atoms with E-state index in [-0.39, 0.29) is 17.2 Å². The summed E-state index contributed by atoms with van der Waals surface area (Å²) in [5.41, 5.74) is 5.81. The first-order valence-electron chi connectivity index (χ1n) is 7.31. The first-order chi connectivity index (χ1) is 8.76. The molecule has 0 bridgehead atoms. The van der Waals surface area contributed by atoms with Gasteiger partial charge in [0.25, 0.3) is 0 Å². The van der Waals surface area contributed by atoms with E-state index in [0.29, 0.717) is 25.6 Å². The van der Waals surface area contributed by atoms with Crippen LogP contribution in [0.1, 0.15) is 47.5 Å². The van der Waals surface area contributed by atoms with E-state index in [1.807, 2.05) is 0 Å². The topological polar surface area (TPSA) is 64.3 Å². The van der Waals surface area contributed by atoms with E-state index >= 15 is 0 Å². The fourth-order valence-electron chi connectivity index (χ4n) is 1.87. The third kappa shape index (κ3) is 11.0. The highest BCUT2D eigenvalue weighted by atomic mass is 16.5. The molecule has 0 aliphatic carbocycles. The number of ether oxygens (including phenoxy) is 1. The van der Waals surface area contributed by atoms with Gasteiger partial charge in [-0.1, -0.05) is 34.6 Å². The number of hydrogen-bond acceptors (Lipinski definition) is 3. The maximum atomic E-state index is 12.0. The number of rotatable bonds is 9. The Hall–Kier alpha value is -0.610. The summed E-state index contributed by atoms with van der Waals surface area (Å²) < 4.78 is 5.47. The molecule has 1 unspecified atom stereocenters. The zero-order chi connectivity index (χ0) is 14.9. The molecule has 0 radical (unpaired) electrons. The lowest BCUT2D eigenvalue weighted by Gasteiger charge is -2.24. The van der Waals surface area contributed by atoms with Gasteiger partial charge in [0.05, 0.1) is 5.92 Å². The molecule has 3 N–H and O–H groups in total. The van der Waals surface area contributed by atoms with Gasteiger partial charge < -0.3 is 15.8 Å². The van der Waals surface area contributed by atoms with Gasteiger partial charge in [0.15, 0.2) is 0 Å². The van der Waals surface area contributed by atoms with Crippen LogP contribution < -0.4 is 11.1 Å². The van der Waals surface area contributed by atoms with Gasteiger partial charge in [-0.3, -0.25) is 4.79 Å². The first-order valence-corrected chi connectivity index (χ1v) is 7.31. The fraction of sp³-hybridized carbons (Fsp3) is 0.933. The third-order valence-corrected chi connectivity index (χ3v) is 2.73. The second-order valence-electron chi connectivity index (χ2n) is 6.81. The minimum absolute atomic E-state index is 0.0706. The van der Waals surface area contributed by atoms with E-state index in [9.17, 15) is 4.79 Å². The van der Waals surface area contributed by atoms with Crippen LogP contribution in [0.5, 0.6) is 0 Å². The zero-order valence-electron chi connectivity index (χ0n) is 13.3. The highest BCUT2D eigenvalue weighted by Crippen LogP contribution is 2.23. The molecule has 0 spiro atoms. The van der Waals surface area contributed by atoms with Crippen molar-refractivity contribution in [3.63, 3.8) is 0 Å². The smallest absolute Gasteiger partial charge is 0.224 e. The number of hydrogen-bond donors (Lipinski definition) is 2. The van der Waals surface area contributed by atoms with Crippen molar-refractivity contribution in [3.05, 3.63) is 0 Å². The molecule has 0 aliphatic rings. The van der Waals surface area contributed by atoms with Crippen molar-refractivity contribution in [1.82, 2.24) is 5.32 Å². The van der Waals surface area contributed by atoms with Crippen LogP contribution in [-0.4, -0.2) is 32.2 Å². The number of nitrogens with one attached hydrogen (secondary N) is 1. The summed E-state index contributed by atoms with van der Waals surface area (Å²) in [5.74, 6) is 0.542. The molecule has 4 nitrogen and oxygen atoms in total. The number of amides is 1. The maximum Gasteiger partial charge on any atom is 0.224 e. The Kier molecular flexibility index (Phi) is 9.02. The molecular weight excluding hydrogens is 240 g/mol. The lowest BCUT2D eigenvalue weighted by atomic mass is 9.84. The average Bonchev–Trinajstić information content (AvgIpc) is 2.28. The predicted molar refractivity (Wildman–Crippen MR) is 79.9 cm³/mol.